The molecule has 0 unspecified atom stereocenters. The molecule has 1 aromatic carbocycles. The molecule has 0 saturated carbocycles. The van der Waals surface area contributed by atoms with Gasteiger partial charge in [0.25, 0.3) is 5.91 Å². The number of urea groups is 1. The Balaban J connectivity index is 1.77. The van der Waals surface area contributed by atoms with Gasteiger partial charge in [0.05, 0.1) is 18.0 Å². The third-order valence-corrected chi connectivity index (χ3v) is 5.94. The Labute approximate surface area is 173 Å². The molecule has 4 amide bonds. The first kappa shape index (κ1) is 20.7. The molecule has 0 spiro atoms. The van der Waals surface area contributed by atoms with Crippen molar-refractivity contribution in [3.63, 3.8) is 0 Å². The van der Waals surface area contributed by atoms with Crippen LogP contribution in [0.2, 0.25) is 0 Å². The van der Waals surface area contributed by atoms with Gasteiger partial charge in [-0.05, 0) is 24.1 Å². The zero-order chi connectivity index (χ0) is 21.0. The number of ketones is 1. The Morgan fingerprint density at radius 3 is 2.52 bits per heavy atom. The minimum Gasteiger partial charge on any atom is -0.351 e. The number of rotatable bonds is 8. The van der Waals surface area contributed by atoms with Crippen molar-refractivity contribution in [2.24, 2.45) is 0 Å². The minimum absolute atomic E-state index is 0.154. The lowest BCUT2D eigenvalue weighted by Gasteiger charge is -2.26. The molecule has 1 aromatic heterocycles. The highest BCUT2D eigenvalue weighted by Gasteiger charge is 2.52. The van der Waals surface area contributed by atoms with E-state index in [2.05, 4.69) is 10.6 Å². The van der Waals surface area contributed by atoms with E-state index in [0.717, 1.165) is 9.78 Å². The zero-order valence-corrected chi connectivity index (χ0v) is 17.2. The largest absolute Gasteiger partial charge is 0.351 e. The van der Waals surface area contributed by atoms with Crippen LogP contribution in [0.15, 0.2) is 42.5 Å². The van der Waals surface area contributed by atoms with E-state index in [-0.39, 0.29) is 18.2 Å². The fourth-order valence-electron chi connectivity index (χ4n) is 3.43. The van der Waals surface area contributed by atoms with Gasteiger partial charge in [0.15, 0.2) is 5.78 Å². The second-order valence-corrected chi connectivity index (χ2v) is 8.11. The maximum Gasteiger partial charge on any atom is 0.325 e. The normalized spacial score (nSPS) is 18.6. The number of nitrogens with one attached hydrogen (secondary N) is 2. The Kier molecular flexibility index (Phi) is 6.12. The van der Waals surface area contributed by atoms with Gasteiger partial charge in [-0.3, -0.25) is 19.3 Å². The number of nitrogens with zero attached hydrogens (tertiary/aromatic N) is 1. The second kappa shape index (κ2) is 8.57. The van der Waals surface area contributed by atoms with E-state index in [0.29, 0.717) is 29.8 Å². The number of Topliss-reactive ketones (excluding diaryl/α,β-unsaturated/α-hetero) is 1. The van der Waals surface area contributed by atoms with Crippen molar-refractivity contribution in [1.29, 1.82) is 0 Å². The number of amides is 4. The van der Waals surface area contributed by atoms with Gasteiger partial charge >= 0.3 is 6.03 Å². The Hall–Kier alpha value is -3.00. The Morgan fingerprint density at radius 2 is 1.86 bits per heavy atom. The number of hydrogen-bond donors (Lipinski definition) is 2. The topological polar surface area (TPSA) is 95.6 Å². The van der Waals surface area contributed by atoms with E-state index in [4.69, 9.17) is 0 Å². The fraction of sp³-hybridized carbons (Fsp3) is 0.333. The quantitative estimate of drug-likeness (QED) is 0.514. The summed E-state index contributed by atoms with van der Waals surface area (Å²) in [5.41, 5.74) is -0.428. The lowest BCUT2D eigenvalue weighted by atomic mass is 9.85. The molecular formula is C21H23N3O4S. The molecule has 2 N–H and O–H groups in total. The average Bonchev–Trinajstić information content (AvgIpc) is 3.27. The van der Waals surface area contributed by atoms with Crippen LogP contribution in [0, 0.1) is 0 Å². The van der Waals surface area contributed by atoms with Gasteiger partial charge in [0.2, 0.25) is 5.91 Å². The third kappa shape index (κ3) is 4.22. The van der Waals surface area contributed by atoms with Gasteiger partial charge in [0.1, 0.15) is 5.54 Å². The minimum atomic E-state index is -1.14. The average molecular weight is 413 g/mol. The third-order valence-electron chi connectivity index (χ3n) is 4.82. The molecule has 1 saturated heterocycles. The molecule has 1 aliphatic rings. The molecule has 3 rings (SSSR count). The Bertz CT molecular complexity index is 940. The molecule has 7 nitrogen and oxygen atoms in total. The molecule has 2 aromatic rings. The van der Waals surface area contributed by atoms with Gasteiger partial charge in [-0.15, -0.1) is 11.3 Å². The summed E-state index contributed by atoms with van der Waals surface area (Å²) in [6.07, 6.45) is 1.15. The molecule has 1 aliphatic heterocycles. The van der Waals surface area contributed by atoms with E-state index in [9.17, 15) is 19.2 Å². The highest BCUT2D eigenvalue weighted by molar-refractivity contribution is 7.14. The van der Waals surface area contributed by atoms with Crippen LogP contribution in [0.25, 0.3) is 0 Å². The second-order valence-electron chi connectivity index (χ2n) is 6.94. The smallest absolute Gasteiger partial charge is 0.325 e. The maximum absolute atomic E-state index is 13.2. The van der Waals surface area contributed by atoms with E-state index < -0.39 is 17.5 Å². The van der Waals surface area contributed by atoms with Crippen molar-refractivity contribution in [3.05, 3.63) is 57.8 Å². The summed E-state index contributed by atoms with van der Waals surface area (Å²) in [5.74, 6) is -0.870. The summed E-state index contributed by atoms with van der Waals surface area (Å²) in [4.78, 5) is 51.8. The van der Waals surface area contributed by atoms with Crippen LogP contribution in [0.3, 0.4) is 0 Å². The molecule has 0 radical (unpaired) electrons. The molecule has 8 heteroatoms. The molecule has 29 heavy (non-hydrogen) atoms. The van der Waals surface area contributed by atoms with Gasteiger partial charge in [-0.2, -0.15) is 0 Å². The molecule has 2 heterocycles. The van der Waals surface area contributed by atoms with Crippen LogP contribution < -0.4 is 10.6 Å². The zero-order valence-electron chi connectivity index (χ0n) is 16.4. The van der Waals surface area contributed by atoms with E-state index in [1.165, 1.54) is 18.3 Å². The number of hydrogen-bond acceptors (Lipinski definition) is 5. The first-order valence-corrected chi connectivity index (χ1v) is 10.2. The Morgan fingerprint density at radius 1 is 1.14 bits per heavy atom. The van der Waals surface area contributed by atoms with Crippen molar-refractivity contribution >= 4 is 35.0 Å². The van der Waals surface area contributed by atoms with Crippen molar-refractivity contribution in [1.82, 2.24) is 15.5 Å². The molecule has 1 fully saturated rings. The molecular weight excluding hydrogens is 390 g/mol. The van der Waals surface area contributed by atoms with Crippen LogP contribution >= 0.6 is 11.3 Å². The monoisotopic (exact) mass is 413 g/mol. The van der Waals surface area contributed by atoms with E-state index in [1.54, 1.807) is 12.1 Å². The molecule has 0 bridgehead atoms. The predicted molar refractivity (Wildman–Crippen MR) is 109 cm³/mol. The van der Waals surface area contributed by atoms with Crippen LogP contribution in [-0.2, 0) is 21.7 Å². The van der Waals surface area contributed by atoms with Crippen molar-refractivity contribution in [2.45, 2.75) is 38.8 Å². The van der Waals surface area contributed by atoms with Crippen LogP contribution in [0.5, 0.6) is 0 Å². The number of benzene rings is 1. The maximum atomic E-state index is 13.2. The lowest BCUT2D eigenvalue weighted by molar-refractivity contribution is -0.131. The summed E-state index contributed by atoms with van der Waals surface area (Å²) in [6.45, 7) is 3.39. The van der Waals surface area contributed by atoms with Crippen LogP contribution in [0.4, 0.5) is 4.79 Å². The first-order chi connectivity index (χ1) is 13.9. The molecule has 0 aliphatic carbocycles. The van der Waals surface area contributed by atoms with Crippen molar-refractivity contribution < 1.29 is 19.2 Å². The highest BCUT2D eigenvalue weighted by atomic mass is 32.1. The first-order valence-electron chi connectivity index (χ1n) is 9.43. The van der Waals surface area contributed by atoms with Gasteiger partial charge < -0.3 is 10.6 Å². The summed E-state index contributed by atoms with van der Waals surface area (Å²) < 4.78 is 0. The standard InChI is InChI=1S/C21H23N3O4S/c1-3-11-21(15-7-5-4-6-8-15)19(27)24(20(28)23-21)13-17(26)18-10-9-16(29-18)12-22-14(2)25/h4-10H,3,11-13H2,1-2H3,(H,22,25)(H,23,28)/t21-/m1/s1. The number of carbonyl (C=O) groups is 4. The van der Waals surface area contributed by atoms with Crippen LogP contribution in [0.1, 0.15) is 46.8 Å². The van der Waals surface area contributed by atoms with Crippen LogP contribution in [-0.4, -0.2) is 35.1 Å². The van der Waals surface area contributed by atoms with Crippen molar-refractivity contribution in [3.8, 4) is 0 Å². The van der Waals surface area contributed by atoms with E-state index in [1.807, 2.05) is 37.3 Å². The van der Waals surface area contributed by atoms with E-state index >= 15 is 0 Å². The summed E-state index contributed by atoms with van der Waals surface area (Å²) >= 11 is 1.24. The number of carbonyl (C=O) groups excluding carboxylic acids is 4. The number of imide groups is 1. The SMILES string of the molecule is CCC[C@]1(c2ccccc2)NC(=O)N(CC(=O)c2ccc(CNC(C)=O)s2)C1=O. The fourth-order valence-corrected chi connectivity index (χ4v) is 4.31. The number of thiophene rings is 1. The lowest BCUT2D eigenvalue weighted by Crippen LogP contribution is -2.44. The van der Waals surface area contributed by atoms with Crippen molar-refractivity contribution in [2.75, 3.05) is 6.54 Å². The van der Waals surface area contributed by atoms with Gasteiger partial charge in [-0.25, -0.2) is 4.79 Å². The highest BCUT2D eigenvalue weighted by Crippen LogP contribution is 2.33. The predicted octanol–water partition coefficient (Wildman–Crippen LogP) is 2.81. The summed E-state index contributed by atoms with van der Waals surface area (Å²) in [5, 5.41) is 5.50. The van der Waals surface area contributed by atoms with Gasteiger partial charge in [-0.1, -0.05) is 43.7 Å². The van der Waals surface area contributed by atoms with Gasteiger partial charge in [0, 0.05) is 11.8 Å². The summed E-state index contributed by atoms with van der Waals surface area (Å²) in [7, 11) is 0. The summed E-state index contributed by atoms with van der Waals surface area (Å²) in [6, 6.07) is 12.0. The molecule has 1 atom stereocenters. The molecule has 152 valence electrons.